The summed E-state index contributed by atoms with van der Waals surface area (Å²) >= 11 is 0. The lowest BCUT2D eigenvalue weighted by atomic mass is 10.0. The molecule has 0 bridgehead atoms. The van der Waals surface area contributed by atoms with Crippen LogP contribution in [0.1, 0.15) is 26.7 Å². The number of para-hydroxylation sites is 1. The highest BCUT2D eigenvalue weighted by atomic mass is 16.4. The predicted octanol–water partition coefficient (Wildman–Crippen LogP) is 1.87. The minimum absolute atomic E-state index is 0.102. The third kappa shape index (κ3) is 5.01. The largest absolute Gasteiger partial charge is 0.481 e. The Morgan fingerprint density at radius 2 is 1.85 bits per heavy atom. The van der Waals surface area contributed by atoms with E-state index in [-0.39, 0.29) is 18.9 Å². The van der Waals surface area contributed by atoms with Gasteiger partial charge in [0.2, 0.25) is 5.91 Å². The first-order chi connectivity index (χ1) is 9.41. The zero-order valence-electron chi connectivity index (χ0n) is 12.0. The Bertz CT molecular complexity index is 446. The van der Waals surface area contributed by atoms with Gasteiger partial charge < -0.3 is 15.7 Å². The van der Waals surface area contributed by atoms with Gasteiger partial charge in [-0.2, -0.15) is 0 Å². The van der Waals surface area contributed by atoms with Crippen molar-refractivity contribution >= 4 is 17.6 Å². The summed E-state index contributed by atoms with van der Waals surface area (Å²) in [5.74, 6) is -0.853. The summed E-state index contributed by atoms with van der Waals surface area (Å²) in [6, 6.07) is 8.42. The first-order valence-corrected chi connectivity index (χ1v) is 6.75. The van der Waals surface area contributed by atoms with Gasteiger partial charge in [0, 0.05) is 12.2 Å². The summed E-state index contributed by atoms with van der Waals surface area (Å²) in [6.45, 7) is 4.12. The van der Waals surface area contributed by atoms with E-state index in [0.29, 0.717) is 18.0 Å². The number of carbonyl (C=O) groups excluding carboxylic acids is 1. The number of aliphatic carboxylic acids is 1. The van der Waals surface area contributed by atoms with E-state index in [9.17, 15) is 9.59 Å². The molecule has 5 nitrogen and oxygen atoms in total. The molecule has 0 heterocycles. The number of nitrogens with zero attached hydrogens (tertiary/aromatic N) is 1. The average molecular weight is 278 g/mol. The Balaban J connectivity index is 2.87. The predicted molar refractivity (Wildman–Crippen MR) is 78.5 cm³/mol. The molecule has 20 heavy (non-hydrogen) atoms. The van der Waals surface area contributed by atoms with Crippen molar-refractivity contribution in [2.75, 3.05) is 11.4 Å². The maximum atomic E-state index is 12.4. The number of nitrogens with two attached hydrogens (primary N) is 1. The normalized spacial score (nSPS) is 12.2. The zero-order valence-corrected chi connectivity index (χ0v) is 12.0. The molecule has 0 radical (unpaired) electrons. The summed E-state index contributed by atoms with van der Waals surface area (Å²) in [7, 11) is 0. The van der Waals surface area contributed by atoms with Crippen molar-refractivity contribution in [3.8, 4) is 0 Å². The third-order valence-corrected chi connectivity index (χ3v) is 2.93. The lowest BCUT2D eigenvalue weighted by Crippen LogP contribution is -2.45. The molecular weight excluding hydrogens is 256 g/mol. The molecule has 0 aliphatic heterocycles. The van der Waals surface area contributed by atoms with Crippen LogP contribution in [-0.2, 0) is 9.59 Å². The number of hydrogen-bond donors (Lipinski definition) is 2. The van der Waals surface area contributed by atoms with Crippen LogP contribution >= 0.6 is 0 Å². The van der Waals surface area contributed by atoms with E-state index < -0.39 is 12.0 Å². The Morgan fingerprint density at radius 1 is 1.25 bits per heavy atom. The van der Waals surface area contributed by atoms with E-state index in [1.165, 1.54) is 4.90 Å². The molecule has 0 saturated heterocycles. The second-order valence-electron chi connectivity index (χ2n) is 5.21. The molecule has 0 saturated carbocycles. The fourth-order valence-electron chi connectivity index (χ4n) is 1.99. The highest BCUT2D eigenvalue weighted by Crippen LogP contribution is 2.16. The van der Waals surface area contributed by atoms with Crippen LogP contribution in [-0.4, -0.2) is 29.6 Å². The van der Waals surface area contributed by atoms with Crippen molar-refractivity contribution < 1.29 is 14.7 Å². The highest BCUT2D eigenvalue weighted by molar-refractivity contribution is 5.97. The van der Waals surface area contributed by atoms with Crippen molar-refractivity contribution in [2.24, 2.45) is 11.7 Å². The van der Waals surface area contributed by atoms with Crippen LogP contribution in [0, 0.1) is 5.92 Å². The van der Waals surface area contributed by atoms with E-state index >= 15 is 0 Å². The number of rotatable bonds is 7. The van der Waals surface area contributed by atoms with Crippen molar-refractivity contribution in [3.05, 3.63) is 30.3 Å². The zero-order chi connectivity index (χ0) is 15.1. The molecular formula is C15H22N2O3. The van der Waals surface area contributed by atoms with Crippen LogP contribution in [0.15, 0.2) is 30.3 Å². The topological polar surface area (TPSA) is 83.6 Å². The number of carbonyl (C=O) groups is 2. The van der Waals surface area contributed by atoms with Gasteiger partial charge in [0.1, 0.15) is 0 Å². The second-order valence-corrected chi connectivity index (χ2v) is 5.21. The quantitative estimate of drug-likeness (QED) is 0.797. The molecule has 1 aromatic carbocycles. The Labute approximate surface area is 119 Å². The van der Waals surface area contributed by atoms with E-state index in [1.807, 2.05) is 32.0 Å². The number of carboxylic acids is 1. The average Bonchev–Trinajstić information content (AvgIpc) is 2.38. The summed E-state index contributed by atoms with van der Waals surface area (Å²) in [5.41, 5.74) is 6.60. The lowest BCUT2D eigenvalue weighted by Gasteiger charge is -2.26. The maximum absolute atomic E-state index is 12.4. The van der Waals surface area contributed by atoms with Crippen LogP contribution in [0.25, 0.3) is 0 Å². The SMILES string of the molecule is CC(C)CC(N)C(=O)N(CCC(=O)O)c1ccccc1. The van der Waals surface area contributed by atoms with Gasteiger partial charge in [-0.05, 0) is 24.5 Å². The molecule has 0 spiro atoms. The van der Waals surface area contributed by atoms with Crippen molar-refractivity contribution in [1.82, 2.24) is 0 Å². The fraction of sp³-hybridized carbons (Fsp3) is 0.467. The number of benzene rings is 1. The van der Waals surface area contributed by atoms with Gasteiger partial charge >= 0.3 is 5.97 Å². The van der Waals surface area contributed by atoms with Crippen molar-refractivity contribution in [3.63, 3.8) is 0 Å². The van der Waals surface area contributed by atoms with Crippen LogP contribution in [0.5, 0.6) is 0 Å². The minimum Gasteiger partial charge on any atom is -0.481 e. The van der Waals surface area contributed by atoms with Gasteiger partial charge in [0.05, 0.1) is 12.5 Å². The first-order valence-electron chi connectivity index (χ1n) is 6.75. The van der Waals surface area contributed by atoms with E-state index in [0.717, 1.165) is 0 Å². The van der Waals surface area contributed by atoms with Crippen molar-refractivity contribution in [1.29, 1.82) is 0 Å². The van der Waals surface area contributed by atoms with Crippen LogP contribution in [0.2, 0.25) is 0 Å². The van der Waals surface area contributed by atoms with E-state index in [1.54, 1.807) is 12.1 Å². The van der Waals surface area contributed by atoms with Gasteiger partial charge in [-0.15, -0.1) is 0 Å². The number of anilines is 1. The molecule has 3 N–H and O–H groups in total. The maximum Gasteiger partial charge on any atom is 0.305 e. The first kappa shape index (κ1) is 16.2. The Hall–Kier alpha value is -1.88. The Morgan fingerprint density at radius 3 is 2.35 bits per heavy atom. The van der Waals surface area contributed by atoms with Gasteiger partial charge in [0.15, 0.2) is 0 Å². The molecule has 1 atom stereocenters. The molecule has 0 aliphatic rings. The summed E-state index contributed by atoms with van der Waals surface area (Å²) in [4.78, 5) is 24.6. The number of hydrogen-bond acceptors (Lipinski definition) is 3. The van der Waals surface area contributed by atoms with Gasteiger partial charge in [0.25, 0.3) is 0 Å². The highest BCUT2D eigenvalue weighted by Gasteiger charge is 2.23. The van der Waals surface area contributed by atoms with Gasteiger partial charge in [-0.3, -0.25) is 9.59 Å². The molecule has 1 unspecified atom stereocenters. The molecule has 5 heteroatoms. The minimum atomic E-state index is -0.934. The van der Waals surface area contributed by atoms with Crippen LogP contribution in [0.3, 0.4) is 0 Å². The van der Waals surface area contributed by atoms with Gasteiger partial charge in [-0.25, -0.2) is 0 Å². The molecule has 0 aliphatic carbocycles. The molecule has 1 amide bonds. The monoisotopic (exact) mass is 278 g/mol. The van der Waals surface area contributed by atoms with Gasteiger partial charge in [-0.1, -0.05) is 32.0 Å². The van der Waals surface area contributed by atoms with Crippen molar-refractivity contribution in [2.45, 2.75) is 32.7 Å². The number of amides is 1. The Kier molecular flexibility index (Phi) is 6.18. The summed E-state index contributed by atoms with van der Waals surface area (Å²) in [5, 5.41) is 8.81. The van der Waals surface area contributed by atoms with Crippen LogP contribution in [0.4, 0.5) is 5.69 Å². The molecule has 0 aromatic heterocycles. The smallest absolute Gasteiger partial charge is 0.305 e. The second kappa shape index (κ2) is 7.65. The van der Waals surface area contributed by atoms with Crippen LogP contribution < -0.4 is 10.6 Å². The third-order valence-electron chi connectivity index (χ3n) is 2.93. The summed E-state index contributed by atoms with van der Waals surface area (Å²) in [6.07, 6.45) is 0.476. The van der Waals surface area contributed by atoms with E-state index in [4.69, 9.17) is 10.8 Å². The number of carboxylic acid groups (broad SMARTS) is 1. The summed E-state index contributed by atoms with van der Waals surface area (Å²) < 4.78 is 0. The molecule has 0 fully saturated rings. The molecule has 1 rings (SSSR count). The molecule has 1 aromatic rings. The molecule has 110 valence electrons. The van der Waals surface area contributed by atoms with E-state index in [2.05, 4.69) is 0 Å². The lowest BCUT2D eigenvalue weighted by molar-refractivity contribution is -0.136. The fourth-order valence-corrected chi connectivity index (χ4v) is 1.99. The standard InChI is InChI=1S/C15H22N2O3/c1-11(2)10-13(16)15(20)17(9-8-14(18)19)12-6-4-3-5-7-12/h3-7,11,13H,8-10,16H2,1-2H3,(H,18,19).